The molecule has 0 aliphatic carbocycles. The minimum atomic E-state index is -3.85. The molecule has 174 valence electrons. The molecule has 3 rings (SSSR count). The van der Waals surface area contributed by atoms with Gasteiger partial charge >= 0.3 is 0 Å². The standard InChI is InChI=1S/C23H24N2O5S3/c24-32(27,28)22-3-1-2-21(14-22)19-8-4-17(5-9-19)15-31-16-18-6-10-20(11-7-18)23(12-13-26)33(25,29)30/h1-11,13-14,23H,12,15-16H2,(H2,24,27,28)(H2,25,29,30). The highest BCUT2D eigenvalue weighted by molar-refractivity contribution is 7.97. The van der Waals surface area contributed by atoms with Crippen LogP contribution in [-0.2, 0) is 36.3 Å². The van der Waals surface area contributed by atoms with Gasteiger partial charge in [-0.15, -0.1) is 0 Å². The molecular weight excluding hydrogens is 480 g/mol. The summed E-state index contributed by atoms with van der Waals surface area (Å²) >= 11 is 1.70. The fraction of sp³-hybridized carbons (Fsp3) is 0.174. The monoisotopic (exact) mass is 504 g/mol. The third-order valence-corrected chi connectivity index (χ3v) is 8.29. The van der Waals surface area contributed by atoms with Crippen LogP contribution in [-0.4, -0.2) is 23.1 Å². The molecule has 0 aliphatic heterocycles. The predicted octanol–water partition coefficient (Wildman–Crippen LogP) is 3.35. The molecule has 0 saturated heterocycles. The number of hydrogen-bond donors (Lipinski definition) is 2. The molecule has 0 fully saturated rings. The van der Waals surface area contributed by atoms with E-state index < -0.39 is 25.3 Å². The first kappa shape index (κ1) is 25.1. The third kappa shape index (κ3) is 6.99. The largest absolute Gasteiger partial charge is 0.303 e. The quantitative estimate of drug-likeness (QED) is 0.406. The van der Waals surface area contributed by atoms with Gasteiger partial charge in [0.15, 0.2) is 0 Å². The van der Waals surface area contributed by atoms with Crippen LogP contribution in [0, 0.1) is 0 Å². The van der Waals surface area contributed by atoms with Crippen molar-refractivity contribution >= 4 is 38.1 Å². The van der Waals surface area contributed by atoms with Gasteiger partial charge in [0.2, 0.25) is 20.0 Å². The Hall–Kier alpha value is -2.50. The van der Waals surface area contributed by atoms with Crippen LogP contribution >= 0.6 is 11.8 Å². The lowest BCUT2D eigenvalue weighted by Crippen LogP contribution is -2.22. The summed E-state index contributed by atoms with van der Waals surface area (Å²) in [7, 11) is -7.60. The molecule has 7 nitrogen and oxygen atoms in total. The van der Waals surface area contributed by atoms with Crippen LogP contribution in [0.3, 0.4) is 0 Å². The van der Waals surface area contributed by atoms with E-state index in [2.05, 4.69) is 0 Å². The molecule has 33 heavy (non-hydrogen) atoms. The van der Waals surface area contributed by atoms with Crippen LogP contribution in [0.2, 0.25) is 0 Å². The molecule has 0 saturated carbocycles. The maximum absolute atomic E-state index is 11.7. The number of thioether (sulfide) groups is 1. The summed E-state index contributed by atoms with van der Waals surface area (Å²) in [6, 6.07) is 21.4. The first-order valence-electron chi connectivity index (χ1n) is 9.92. The smallest absolute Gasteiger partial charge is 0.238 e. The van der Waals surface area contributed by atoms with E-state index in [-0.39, 0.29) is 11.3 Å². The van der Waals surface area contributed by atoms with Crippen molar-refractivity contribution in [2.24, 2.45) is 10.3 Å². The number of carbonyl (C=O) groups is 1. The number of benzene rings is 3. The minimum absolute atomic E-state index is 0.0761. The summed E-state index contributed by atoms with van der Waals surface area (Å²) in [5, 5.41) is 9.41. The summed E-state index contributed by atoms with van der Waals surface area (Å²) in [5.41, 5.74) is 4.31. The molecule has 0 radical (unpaired) electrons. The maximum Gasteiger partial charge on any atom is 0.238 e. The van der Waals surface area contributed by atoms with Crippen LogP contribution in [0.15, 0.2) is 77.7 Å². The lowest BCUT2D eigenvalue weighted by Gasteiger charge is -2.13. The molecule has 0 bridgehead atoms. The lowest BCUT2D eigenvalue weighted by atomic mass is 10.0. The second-order valence-corrected chi connectivity index (χ2v) is 11.8. The Balaban J connectivity index is 1.60. The normalized spacial score (nSPS) is 12.9. The number of carbonyl (C=O) groups excluding carboxylic acids is 1. The van der Waals surface area contributed by atoms with Crippen molar-refractivity contribution in [1.29, 1.82) is 0 Å². The van der Waals surface area contributed by atoms with E-state index in [1.54, 1.807) is 36.0 Å². The summed E-state index contributed by atoms with van der Waals surface area (Å²) in [5.74, 6) is 1.50. The van der Waals surface area contributed by atoms with E-state index >= 15 is 0 Å². The molecule has 10 heteroatoms. The molecule has 0 amide bonds. The molecule has 4 N–H and O–H groups in total. The molecule has 1 atom stereocenters. The van der Waals surface area contributed by atoms with Crippen molar-refractivity contribution in [3.05, 3.63) is 89.5 Å². The zero-order valence-corrected chi connectivity index (χ0v) is 20.1. The number of aldehydes is 1. The van der Waals surface area contributed by atoms with Crippen LogP contribution in [0.1, 0.15) is 28.4 Å². The van der Waals surface area contributed by atoms with E-state index in [0.717, 1.165) is 33.8 Å². The number of sulfonamides is 2. The molecule has 0 aromatic heterocycles. The highest BCUT2D eigenvalue weighted by atomic mass is 32.2. The van der Waals surface area contributed by atoms with Crippen LogP contribution in [0.4, 0.5) is 0 Å². The number of primary sulfonamides is 2. The van der Waals surface area contributed by atoms with Crippen molar-refractivity contribution in [2.45, 2.75) is 28.1 Å². The fourth-order valence-corrected chi connectivity index (χ4v) is 5.71. The van der Waals surface area contributed by atoms with Crippen molar-refractivity contribution in [1.82, 2.24) is 0 Å². The van der Waals surface area contributed by atoms with Gasteiger partial charge < -0.3 is 4.79 Å². The van der Waals surface area contributed by atoms with E-state index in [4.69, 9.17) is 10.3 Å². The average Bonchev–Trinajstić information content (AvgIpc) is 2.77. The molecule has 0 aliphatic rings. The number of nitrogens with two attached hydrogens (primary N) is 2. The van der Waals surface area contributed by atoms with Crippen LogP contribution in [0.5, 0.6) is 0 Å². The third-order valence-electron chi connectivity index (χ3n) is 5.05. The SMILES string of the molecule is NS(=O)(=O)c1cccc(-c2ccc(CSCc3ccc(C(CC=O)S(N)(=O)=O)cc3)cc2)c1. The van der Waals surface area contributed by atoms with E-state index in [0.29, 0.717) is 11.8 Å². The molecule has 1 unspecified atom stereocenters. The van der Waals surface area contributed by atoms with Crippen LogP contribution in [0.25, 0.3) is 11.1 Å². The van der Waals surface area contributed by atoms with Gasteiger partial charge in [0, 0.05) is 17.9 Å². The second-order valence-electron chi connectivity index (χ2n) is 7.48. The summed E-state index contributed by atoms with van der Waals surface area (Å²) in [4.78, 5) is 10.9. The van der Waals surface area contributed by atoms with Gasteiger partial charge in [-0.3, -0.25) is 0 Å². The van der Waals surface area contributed by atoms with Crippen molar-refractivity contribution in [2.75, 3.05) is 0 Å². The molecule has 0 heterocycles. The molecule has 3 aromatic rings. The van der Waals surface area contributed by atoms with Gasteiger partial charge in [-0.1, -0.05) is 60.7 Å². The van der Waals surface area contributed by atoms with Gasteiger partial charge in [0.25, 0.3) is 0 Å². The highest BCUT2D eigenvalue weighted by Gasteiger charge is 2.23. The summed E-state index contributed by atoms with van der Waals surface area (Å²) < 4.78 is 46.5. The summed E-state index contributed by atoms with van der Waals surface area (Å²) in [6.45, 7) is 0. The Morgan fingerprint density at radius 2 is 1.36 bits per heavy atom. The van der Waals surface area contributed by atoms with Crippen molar-refractivity contribution < 1.29 is 21.6 Å². The fourth-order valence-electron chi connectivity index (χ4n) is 3.31. The maximum atomic E-state index is 11.7. The average molecular weight is 505 g/mol. The van der Waals surface area contributed by atoms with Crippen molar-refractivity contribution in [3.63, 3.8) is 0 Å². The first-order valence-corrected chi connectivity index (χ1v) is 14.2. The highest BCUT2D eigenvalue weighted by Crippen LogP contribution is 2.26. The Morgan fingerprint density at radius 3 is 1.88 bits per heavy atom. The van der Waals surface area contributed by atoms with Gasteiger partial charge in [0.1, 0.15) is 11.5 Å². The first-order chi connectivity index (χ1) is 15.6. The Labute approximate surface area is 198 Å². The number of hydrogen-bond acceptors (Lipinski definition) is 6. The zero-order valence-electron chi connectivity index (χ0n) is 17.6. The van der Waals surface area contributed by atoms with Crippen molar-refractivity contribution in [3.8, 4) is 11.1 Å². The Morgan fingerprint density at radius 1 is 0.788 bits per heavy atom. The van der Waals surface area contributed by atoms with Gasteiger partial charge in [-0.25, -0.2) is 27.1 Å². The molecular formula is C23H24N2O5S3. The molecule has 3 aromatic carbocycles. The lowest BCUT2D eigenvalue weighted by molar-refractivity contribution is -0.107. The van der Waals surface area contributed by atoms with Gasteiger partial charge in [-0.05, 0) is 39.9 Å². The van der Waals surface area contributed by atoms with E-state index in [1.807, 2.05) is 42.5 Å². The Bertz CT molecular complexity index is 1320. The minimum Gasteiger partial charge on any atom is -0.303 e. The summed E-state index contributed by atoms with van der Waals surface area (Å²) in [6.07, 6.45) is 0.385. The predicted molar refractivity (Wildman–Crippen MR) is 131 cm³/mol. The topological polar surface area (TPSA) is 137 Å². The van der Waals surface area contributed by atoms with Crippen LogP contribution < -0.4 is 10.3 Å². The second kappa shape index (κ2) is 10.6. The van der Waals surface area contributed by atoms with E-state index in [1.165, 1.54) is 6.07 Å². The Kier molecular flexibility index (Phi) is 8.09. The molecule has 0 spiro atoms. The van der Waals surface area contributed by atoms with Gasteiger partial charge in [0.05, 0.1) is 4.90 Å². The van der Waals surface area contributed by atoms with Gasteiger partial charge in [-0.2, -0.15) is 11.8 Å². The van der Waals surface area contributed by atoms with E-state index in [9.17, 15) is 21.6 Å². The number of rotatable bonds is 10. The zero-order chi connectivity index (χ0) is 24.1.